The van der Waals surface area contributed by atoms with Gasteiger partial charge in [-0.25, -0.2) is 8.78 Å². The summed E-state index contributed by atoms with van der Waals surface area (Å²) in [5.74, 6) is -2.50. The third-order valence-corrected chi connectivity index (χ3v) is 3.47. The van der Waals surface area contributed by atoms with Crippen LogP contribution in [0.5, 0.6) is 0 Å². The third kappa shape index (κ3) is 2.38. The molecule has 0 bridgehead atoms. The molecule has 0 aliphatic carbocycles. The van der Waals surface area contributed by atoms with Crippen LogP contribution in [0.4, 0.5) is 8.78 Å². The fraction of sp³-hybridized carbons (Fsp3) is 1.00. The fourth-order valence-corrected chi connectivity index (χ4v) is 2.45. The number of nitrogens with zero attached hydrogens (tertiary/aromatic N) is 1. The normalized spacial score (nSPS) is 33.8. The lowest BCUT2D eigenvalue weighted by molar-refractivity contribution is -0.0771. The number of hydrogen-bond acceptors (Lipinski definition) is 2. The fourth-order valence-electron chi connectivity index (χ4n) is 2.45. The van der Waals surface area contributed by atoms with Crippen LogP contribution in [-0.4, -0.2) is 43.5 Å². The molecule has 2 fully saturated rings. The third-order valence-electron chi connectivity index (χ3n) is 3.47. The topological polar surface area (TPSA) is 15.3 Å². The molecule has 1 spiro atoms. The van der Waals surface area contributed by atoms with E-state index in [9.17, 15) is 8.78 Å². The SMILES string of the molecule is CCN1CCC2(CNCC2(F)F)C1.Cl.Cl. The van der Waals surface area contributed by atoms with Gasteiger partial charge < -0.3 is 10.2 Å². The second-order valence-corrected chi connectivity index (χ2v) is 4.21. The summed E-state index contributed by atoms with van der Waals surface area (Å²) >= 11 is 0. The molecule has 1 N–H and O–H groups in total. The molecule has 2 nitrogen and oxygen atoms in total. The second-order valence-electron chi connectivity index (χ2n) is 4.21. The zero-order valence-electron chi connectivity index (χ0n) is 8.76. The molecule has 0 aromatic rings. The van der Waals surface area contributed by atoms with Crippen molar-refractivity contribution in [3.05, 3.63) is 0 Å². The second kappa shape index (κ2) is 5.13. The first-order valence-corrected chi connectivity index (χ1v) is 4.91. The van der Waals surface area contributed by atoms with Gasteiger partial charge in [-0.3, -0.25) is 0 Å². The number of nitrogens with one attached hydrogen (secondary N) is 1. The summed E-state index contributed by atoms with van der Waals surface area (Å²) in [5, 5.41) is 2.81. The largest absolute Gasteiger partial charge is 0.310 e. The van der Waals surface area contributed by atoms with Crippen molar-refractivity contribution in [3.63, 3.8) is 0 Å². The van der Waals surface area contributed by atoms with Gasteiger partial charge in [-0.05, 0) is 19.5 Å². The smallest absolute Gasteiger partial charge is 0.268 e. The summed E-state index contributed by atoms with van der Waals surface area (Å²) < 4.78 is 27.1. The van der Waals surface area contributed by atoms with E-state index in [1.165, 1.54) is 0 Å². The molecule has 1 atom stereocenters. The average molecular weight is 263 g/mol. The van der Waals surface area contributed by atoms with E-state index in [1.54, 1.807) is 0 Å². The molecule has 2 rings (SSSR count). The summed E-state index contributed by atoms with van der Waals surface area (Å²) in [4.78, 5) is 2.11. The molecule has 2 aliphatic heterocycles. The van der Waals surface area contributed by atoms with Gasteiger partial charge in [0.2, 0.25) is 0 Å². The molecule has 0 radical (unpaired) electrons. The Bertz CT molecular complexity index is 216. The van der Waals surface area contributed by atoms with Crippen molar-refractivity contribution in [2.24, 2.45) is 5.41 Å². The Hall–Kier alpha value is 0.360. The molecule has 2 aliphatic rings. The van der Waals surface area contributed by atoms with Crippen LogP contribution in [0.1, 0.15) is 13.3 Å². The molecule has 0 amide bonds. The predicted molar refractivity (Wildman–Crippen MR) is 61.5 cm³/mol. The lowest BCUT2D eigenvalue weighted by atomic mass is 9.83. The Labute approximate surface area is 102 Å². The summed E-state index contributed by atoms with van der Waals surface area (Å²) in [5.41, 5.74) is -0.761. The Morgan fingerprint density at radius 1 is 1.27 bits per heavy atom. The van der Waals surface area contributed by atoms with Crippen LogP contribution in [-0.2, 0) is 0 Å². The molecular formula is C9H18Cl2F2N2. The van der Waals surface area contributed by atoms with Gasteiger partial charge in [-0.2, -0.15) is 0 Å². The summed E-state index contributed by atoms with van der Waals surface area (Å²) in [6, 6.07) is 0. The van der Waals surface area contributed by atoms with Crippen molar-refractivity contribution in [3.8, 4) is 0 Å². The quantitative estimate of drug-likeness (QED) is 0.775. The number of halogens is 4. The average Bonchev–Trinajstić information content (AvgIpc) is 2.60. The molecule has 0 saturated carbocycles. The predicted octanol–water partition coefficient (Wildman–Crippen LogP) is 1.78. The molecule has 2 saturated heterocycles. The highest BCUT2D eigenvalue weighted by Crippen LogP contribution is 2.46. The van der Waals surface area contributed by atoms with Crippen molar-refractivity contribution in [2.75, 3.05) is 32.7 Å². The van der Waals surface area contributed by atoms with Crippen LogP contribution in [0.25, 0.3) is 0 Å². The Kier molecular flexibility index (Phi) is 5.25. The van der Waals surface area contributed by atoms with Crippen molar-refractivity contribution in [2.45, 2.75) is 19.3 Å². The molecule has 6 heteroatoms. The summed E-state index contributed by atoms with van der Waals surface area (Å²) in [7, 11) is 0. The van der Waals surface area contributed by atoms with Gasteiger partial charge in [0, 0.05) is 13.1 Å². The molecule has 1 unspecified atom stereocenters. The molecule has 15 heavy (non-hydrogen) atoms. The molecular weight excluding hydrogens is 245 g/mol. The highest BCUT2D eigenvalue weighted by molar-refractivity contribution is 5.85. The number of hydrogen-bond donors (Lipinski definition) is 1. The molecule has 0 aromatic carbocycles. The van der Waals surface area contributed by atoms with Crippen LogP contribution in [0.3, 0.4) is 0 Å². The van der Waals surface area contributed by atoms with E-state index in [4.69, 9.17) is 0 Å². The highest BCUT2D eigenvalue weighted by atomic mass is 35.5. The minimum Gasteiger partial charge on any atom is -0.310 e. The number of likely N-dealkylation sites (tertiary alicyclic amines) is 1. The maximum absolute atomic E-state index is 13.5. The number of rotatable bonds is 1. The Morgan fingerprint density at radius 2 is 1.93 bits per heavy atom. The standard InChI is InChI=1S/C9H16F2N2.2ClH/c1-2-13-4-3-8(7-13)5-12-6-9(8,10)11;;/h12H,2-7H2,1H3;2*1H. The van der Waals surface area contributed by atoms with Crippen LogP contribution in [0, 0.1) is 5.41 Å². The van der Waals surface area contributed by atoms with Crippen LogP contribution >= 0.6 is 24.8 Å². The zero-order valence-corrected chi connectivity index (χ0v) is 10.4. The van der Waals surface area contributed by atoms with Gasteiger partial charge in [-0.15, -0.1) is 24.8 Å². The first-order chi connectivity index (χ1) is 6.10. The van der Waals surface area contributed by atoms with Gasteiger partial charge in [0.05, 0.1) is 12.0 Å². The van der Waals surface area contributed by atoms with Crippen LogP contribution in [0.15, 0.2) is 0 Å². The molecule has 2 heterocycles. The van der Waals surface area contributed by atoms with Gasteiger partial charge in [0.15, 0.2) is 0 Å². The van der Waals surface area contributed by atoms with Gasteiger partial charge >= 0.3 is 0 Å². The van der Waals surface area contributed by atoms with Crippen LogP contribution < -0.4 is 5.32 Å². The molecule has 0 aromatic heterocycles. The summed E-state index contributed by atoms with van der Waals surface area (Å²) in [6.07, 6.45) is 0.640. The lowest BCUT2D eigenvalue weighted by Crippen LogP contribution is -2.42. The summed E-state index contributed by atoms with van der Waals surface area (Å²) in [6.45, 7) is 4.65. The Morgan fingerprint density at radius 3 is 2.33 bits per heavy atom. The minimum atomic E-state index is -2.50. The van der Waals surface area contributed by atoms with E-state index in [-0.39, 0.29) is 31.4 Å². The van der Waals surface area contributed by atoms with Crippen molar-refractivity contribution >= 4 is 24.8 Å². The van der Waals surface area contributed by atoms with E-state index in [0.717, 1.165) is 13.1 Å². The van der Waals surface area contributed by atoms with Gasteiger partial charge in [-0.1, -0.05) is 6.92 Å². The van der Waals surface area contributed by atoms with E-state index in [2.05, 4.69) is 10.2 Å². The number of alkyl halides is 2. The van der Waals surface area contributed by atoms with E-state index in [1.807, 2.05) is 6.92 Å². The Balaban J connectivity index is 0.000000980. The van der Waals surface area contributed by atoms with Crippen molar-refractivity contribution in [1.82, 2.24) is 10.2 Å². The first-order valence-electron chi connectivity index (χ1n) is 4.91. The van der Waals surface area contributed by atoms with Crippen molar-refractivity contribution in [1.29, 1.82) is 0 Å². The van der Waals surface area contributed by atoms with Gasteiger partial charge in [0.1, 0.15) is 0 Å². The van der Waals surface area contributed by atoms with Crippen molar-refractivity contribution < 1.29 is 8.78 Å². The van der Waals surface area contributed by atoms with Gasteiger partial charge in [0.25, 0.3) is 5.92 Å². The first kappa shape index (κ1) is 15.4. The van der Waals surface area contributed by atoms with E-state index in [0.29, 0.717) is 19.5 Å². The maximum atomic E-state index is 13.5. The molecule has 92 valence electrons. The minimum absolute atomic E-state index is 0. The lowest BCUT2D eigenvalue weighted by Gasteiger charge is -2.29. The van der Waals surface area contributed by atoms with E-state index < -0.39 is 11.3 Å². The van der Waals surface area contributed by atoms with Crippen LogP contribution in [0.2, 0.25) is 0 Å². The zero-order chi connectivity index (χ0) is 9.53. The van der Waals surface area contributed by atoms with E-state index >= 15 is 0 Å². The highest BCUT2D eigenvalue weighted by Gasteiger charge is 2.59. The monoisotopic (exact) mass is 262 g/mol. The maximum Gasteiger partial charge on any atom is 0.268 e.